The number of benzene rings is 1. The average molecular weight is 500 g/mol. The van der Waals surface area contributed by atoms with Gasteiger partial charge in [0.25, 0.3) is 5.91 Å². The van der Waals surface area contributed by atoms with Crippen LogP contribution in [0.3, 0.4) is 0 Å². The fourth-order valence-electron chi connectivity index (χ4n) is 6.59. The molecule has 3 fully saturated rings. The zero-order valence-corrected chi connectivity index (χ0v) is 21.4. The number of anilines is 2. The van der Waals surface area contributed by atoms with E-state index in [-0.39, 0.29) is 37.9 Å². The topological polar surface area (TPSA) is 111 Å². The second kappa shape index (κ2) is 9.86. The number of carbonyl (C=O) groups is 3. The third-order valence-electron chi connectivity index (χ3n) is 8.20. The number of hydrogen-bond donors (Lipinski definition) is 2. The minimum Gasteiger partial charge on any atom is -0.481 e. The number of nitrogens with zero attached hydrogens (tertiary/aromatic N) is 3. The highest BCUT2D eigenvalue weighted by molar-refractivity contribution is 6.04. The minimum atomic E-state index is -1.21. The number of amides is 2. The summed E-state index contributed by atoms with van der Waals surface area (Å²) in [6.07, 6.45) is 2.81. The second-order valence-electron chi connectivity index (χ2n) is 10.1. The lowest BCUT2D eigenvalue weighted by Gasteiger charge is -2.37. The number of carbonyl (C=O) groups excluding carboxylic acids is 2. The predicted octanol–water partition coefficient (Wildman–Crippen LogP) is 2.28. The quantitative estimate of drug-likeness (QED) is 0.450. The Morgan fingerprint density at radius 2 is 1.83 bits per heavy atom. The second-order valence-corrected chi connectivity index (χ2v) is 10.1. The lowest BCUT2D eigenvalue weighted by atomic mass is 9.66. The first-order valence-electron chi connectivity index (χ1n) is 12.8. The summed E-state index contributed by atoms with van der Waals surface area (Å²) in [6, 6.07) is 6.72. The SMILES string of the molecule is C=CCN(C(=O)C1N(CCCO)C(=O)[C@@H]2[C@@H](C(=O)O)[C@@]3(C)CCC12O3)c1ccc(N(CC)CC)cc1. The number of carboxylic acid groups (broad SMARTS) is 1. The van der Waals surface area contributed by atoms with E-state index in [4.69, 9.17) is 4.74 Å². The Hall–Kier alpha value is -2.91. The van der Waals surface area contributed by atoms with Crippen LogP contribution in [0.15, 0.2) is 36.9 Å². The molecule has 1 aromatic carbocycles. The molecular weight excluding hydrogens is 462 g/mol. The number of aliphatic hydroxyl groups excluding tert-OH is 1. The zero-order valence-electron chi connectivity index (χ0n) is 21.4. The Morgan fingerprint density at radius 1 is 1.19 bits per heavy atom. The lowest BCUT2D eigenvalue weighted by molar-refractivity contribution is -0.154. The largest absolute Gasteiger partial charge is 0.481 e. The molecule has 2 bridgehead atoms. The van der Waals surface area contributed by atoms with E-state index in [1.807, 2.05) is 24.3 Å². The number of aliphatic hydroxyl groups is 1. The van der Waals surface area contributed by atoms with Crippen LogP contribution in [0.5, 0.6) is 0 Å². The van der Waals surface area contributed by atoms with Gasteiger partial charge in [-0.05, 0) is 64.3 Å². The van der Waals surface area contributed by atoms with Crippen molar-refractivity contribution in [2.75, 3.05) is 42.6 Å². The van der Waals surface area contributed by atoms with Crippen molar-refractivity contribution in [1.29, 1.82) is 0 Å². The van der Waals surface area contributed by atoms with E-state index in [1.165, 1.54) is 4.90 Å². The molecule has 5 atom stereocenters. The van der Waals surface area contributed by atoms with Crippen molar-refractivity contribution in [3.8, 4) is 0 Å². The van der Waals surface area contributed by atoms with Crippen molar-refractivity contribution in [3.63, 3.8) is 0 Å². The molecule has 0 saturated carbocycles. The van der Waals surface area contributed by atoms with E-state index >= 15 is 0 Å². The predicted molar refractivity (Wildman–Crippen MR) is 136 cm³/mol. The minimum absolute atomic E-state index is 0.146. The van der Waals surface area contributed by atoms with E-state index in [9.17, 15) is 24.6 Å². The average Bonchev–Trinajstić information content (AvgIpc) is 3.42. The number of likely N-dealkylation sites (tertiary alicyclic amines) is 1. The van der Waals surface area contributed by atoms with E-state index in [1.54, 1.807) is 17.9 Å². The molecule has 3 heterocycles. The molecule has 2 amide bonds. The van der Waals surface area contributed by atoms with E-state index in [2.05, 4.69) is 25.3 Å². The highest BCUT2D eigenvalue weighted by atomic mass is 16.5. The van der Waals surface area contributed by atoms with Crippen LogP contribution in [0.4, 0.5) is 11.4 Å². The van der Waals surface area contributed by atoms with Crippen LogP contribution in [-0.4, -0.2) is 82.9 Å². The molecule has 0 aromatic heterocycles. The third-order valence-corrected chi connectivity index (χ3v) is 8.20. The smallest absolute Gasteiger partial charge is 0.310 e. The van der Waals surface area contributed by atoms with Crippen LogP contribution in [-0.2, 0) is 19.1 Å². The molecule has 196 valence electrons. The fourth-order valence-corrected chi connectivity index (χ4v) is 6.59. The van der Waals surface area contributed by atoms with Crippen LogP contribution in [0.1, 0.15) is 40.0 Å². The highest BCUT2D eigenvalue weighted by Gasteiger charge is 2.78. The van der Waals surface area contributed by atoms with Crippen molar-refractivity contribution in [3.05, 3.63) is 36.9 Å². The molecule has 2 unspecified atom stereocenters. The maximum Gasteiger partial charge on any atom is 0.310 e. The molecule has 9 nitrogen and oxygen atoms in total. The Balaban J connectivity index is 1.74. The first-order chi connectivity index (χ1) is 17.2. The Kier molecular flexibility index (Phi) is 7.16. The van der Waals surface area contributed by atoms with Crippen LogP contribution in [0.25, 0.3) is 0 Å². The first kappa shape index (κ1) is 26.2. The van der Waals surface area contributed by atoms with E-state index in [0.717, 1.165) is 18.8 Å². The van der Waals surface area contributed by atoms with Crippen LogP contribution in [0.2, 0.25) is 0 Å². The van der Waals surface area contributed by atoms with Crippen LogP contribution < -0.4 is 9.80 Å². The summed E-state index contributed by atoms with van der Waals surface area (Å²) in [6.45, 7) is 11.7. The number of aliphatic carboxylic acids is 1. The summed E-state index contributed by atoms with van der Waals surface area (Å²) in [7, 11) is 0. The zero-order chi connectivity index (χ0) is 26.3. The molecule has 1 spiro atoms. The van der Waals surface area contributed by atoms with Crippen molar-refractivity contribution in [2.45, 2.75) is 57.3 Å². The molecule has 3 aliphatic rings. The Labute approximate surface area is 212 Å². The van der Waals surface area contributed by atoms with Crippen LogP contribution >= 0.6 is 0 Å². The number of hydrogen-bond acceptors (Lipinski definition) is 6. The van der Waals surface area contributed by atoms with Crippen molar-refractivity contribution >= 4 is 29.2 Å². The highest BCUT2D eigenvalue weighted by Crippen LogP contribution is 2.63. The Morgan fingerprint density at radius 3 is 2.39 bits per heavy atom. The monoisotopic (exact) mass is 499 g/mol. The summed E-state index contributed by atoms with van der Waals surface area (Å²) in [5.41, 5.74) is -0.493. The molecule has 9 heteroatoms. The summed E-state index contributed by atoms with van der Waals surface area (Å²) in [4.78, 5) is 45.4. The maximum atomic E-state index is 14.3. The van der Waals surface area contributed by atoms with Gasteiger partial charge in [-0.2, -0.15) is 0 Å². The van der Waals surface area contributed by atoms with E-state index in [0.29, 0.717) is 18.5 Å². The van der Waals surface area contributed by atoms with E-state index < -0.39 is 35.0 Å². The number of ether oxygens (including phenoxy) is 1. The van der Waals surface area contributed by atoms with Crippen LogP contribution in [0, 0.1) is 11.8 Å². The van der Waals surface area contributed by atoms with Gasteiger partial charge < -0.3 is 29.6 Å². The summed E-state index contributed by atoms with van der Waals surface area (Å²) in [5.74, 6) is -3.74. The molecule has 4 rings (SSSR count). The van der Waals surface area contributed by atoms with Crippen molar-refractivity contribution in [2.24, 2.45) is 11.8 Å². The summed E-state index contributed by atoms with van der Waals surface area (Å²) in [5, 5.41) is 19.5. The summed E-state index contributed by atoms with van der Waals surface area (Å²) >= 11 is 0. The van der Waals surface area contributed by atoms with Gasteiger partial charge in [0.15, 0.2) is 0 Å². The number of carboxylic acids is 1. The standard InChI is InChI=1S/C27H37N3O6/c1-5-15-29(19-11-9-18(10-12-19)28(6-2)7-3)24(33)22-27-14-13-26(4,36-27)21(25(34)35)20(27)23(32)30(22)16-8-17-31/h5,9-12,20-22,31H,1,6-8,13-17H2,2-4H3,(H,34,35)/t20-,21-,22?,26+,27?/m0/s1. The lowest BCUT2D eigenvalue weighted by Crippen LogP contribution is -2.56. The first-order valence-corrected chi connectivity index (χ1v) is 12.8. The van der Waals surface area contributed by atoms with Crippen molar-refractivity contribution < 1.29 is 29.3 Å². The number of rotatable bonds is 11. The number of fused-ring (bicyclic) bond motifs is 1. The van der Waals surface area contributed by atoms with Gasteiger partial charge in [0.1, 0.15) is 11.6 Å². The van der Waals surface area contributed by atoms with Gasteiger partial charge >= 0.3 is 5.97 Å². The summed E-state index contributed by atoms with van der Waals surface area (Å²) < 4.78 is 6.42. The fraction of sp³-hybridized carbons (Fsp3) is 0.593. The van der Waals surface area contributed by atoms with Gasteiger partial charge in [0.05, 0.1) is 17.4 Å². The van der Waals surface area contributed by atoms with Gasteiger partial charge in [-0.25, -0.2) is 0 Å². The maximum absolute atomic E-state index is 14.3. The molecule has 0 radical (unpaired) electrons. The molecule has 36 heavy (non-hydrogen) atoms. The third kappa shape index (κ3) is 3.89. The normalized spacial score (nSPS) is 30.4. The van der Waals surface area contributed by atoms with Gasteiger partial charge in [-0.15, -0.1) is 6.58 Å². The Bertz CT molecular complexity index is 1020. The van der Waals surface area contributed by atoms with Gasteiger partial charge in [-0.1, -0.05) is 6.08 Å². The van der Waals surface area contributed by atoms with Crippen molar-refractivity contribution in [1.82, 2.24) is 4.90 Å². The molecule has 3 saturated heterocycles. The van der Waals surface area contributed by atoms with Gasteiger partial charge in [0, 0.05) is 44.2 Å². The molecule has 1 aromatic rings. The molecule has 3 aliphatic heterocycles. The van der Waals surface area contributed by atoms with Gasteiger partial charge in [0.2, 0.25) is 5.91 Å². The molecule has 2 N–H and O–H groups in total. The molecule has 0 aliphatic carbocycles. The van der Waals surface area contributed by atoms with Gasteiger partial charge in [-0.3, -0.25) is 14.4 Å². The molecular formula is C27H37N3O6.